The average Bonchev–Trinajstić information content (AvgIpc) is 2.00. The van der Waals surface area contributed by atoms with Crippen molar-refractivity contribution in [3.63, 3.8) is 0 Å². The highest BCUT2D eigenvalue weighted by atomic mass is 32.1. The molecule has 0 aromatic heterocycles. The average molecular weight is 196 g/mol. The fraction of sp³-hybridized carbons (Fsp3) is 1.00. The van der Waals surface area contributed by atoms with Gasteiger partial charge in [-0.3, -0.25) is 0 Å². The van der Waals surface area contributed by atoms with Crippen LogP contribution in [0.15, 0.2) is 0 Å². The van der Waals surface area contributed by atoms with E-state index < -0.39 is 0 Å². The molecule has 0 amide bonds. The molecule has 0 aliphatic rings. The Morgan fingerprint density at radius 1 is 0.909 bits per heavy atom. The Balaban J connectivity index is 0. The second kappa shape index (κ2) is 17.0. The van der Waals surface area contributed by atoms with E-state index in [1.165, 1.54) is 25.7 Å². The maximum absolute atomic E-state index is 7.57. The molecule has 0 aromatic carbocycles. The van der Waals surface area contributed by atoms with Crippen LogP contribution in [-0.2, 0) is 0 Å². The SMILES string of the molecule is CCO.SCCCCCCS. The van der Waals surface area contributed by atoms with Gasteiger partial charge in [-0.2, -0.15) is 25.3 Å². The molecule has 0 atom stereocenters. The van der Waals surface area contributed by atoms with Gasteiger partial charge in [0.1, 0.15) is 0 Å². The second-order valence-corrected chi connectivity index (χ2v) is 3.07. The predicted octanol–water partition coefficient (Wildman–Crippen LogP) is 2.41. The van der Waals surface area contributed by atoms with Gasteiger partial charge in [0.05, 0.1) is 0 Å². The summed E-state index contributed by atoms with van der Waals surface area (Å²) in [4.78, 5) is 0. The summed E-state index contributed by atoms with van der Waals surface area (Å²) < 4.78 is 0. The molecular weight excluding hydrogens is 176 g/mol. The van der Waals surface area contributed by atoms with Crippen molar-refractivity contribution < 1.29 is 5.11 Å². The summed E-state index contributed by atoms with van der Waals surface area (Å²) >= 11 is 8.21. The van der Waals surface area contributed by atoms with E-state index in [2.05, 4.69) is 25.3 Å². The monoisotopic (exact) mass is 196 g/mol. The fourth-order valence-electron chi connectivity index (χ4n) is 0.577. The summed E-state index contributed by atoms with van der Waals surface area (Å²) in [5.41, 5.74) is 0. The topological polar surface area (TPSA) is 20.2 Å². The van der Waals surface area contributed by atoms with Gasteiger partial charge in [-0.15, -0.1) is 0 Å². The predicted molar refractivity (Wildman–Crippen MR) is 58.9 cm³/mol. The van der Waals surface area contributed by atoms with E-state index in [0.717, 1.165) is 11.5 Å². The number of hydrogen-bond acceptors (Lipinski definition) is 3. The normalized spacial score (nSPS) is 8.73. The Kier molecular flexibility index (Phi) is 21.9. The molecule has 0 spiro atoms. The zero-order chi connectivity index (χ0) is 8.95. The van der Waals surface area contributed by atoms with Gasteiger partial charge in [-0.25, -0.2) is 0 Å². The maximum Gasteiger partial charge on any atom is 0.0402 e. The third kappa shape index (κ3) is 25.0. The highest BCUT2D eigenvalue weighted by Gasteiger charge is 1.84. The first-order valence-electron chi connectivity index (χ1n) is 4.16. The molecule has 0 fully saturated rings. The molecule has 11 heavy (non-hydrogen) atoms. The van der Waals surface area contributed by atoms with Crippen LogP contribution < -0.4 is 0 Å². The summed E-state index contributed by atoms with van der Waals surface area (Å²) in [6.07, 6.45) is 5.17. The zero-order valence-corrected chi connectivity index (χ0v) is 9.08. The number of rotatable bonds is 5. The molecular formula is C8H20OS2. The van der Waals surface area contributed by atoms with Gasteiger partial charge in [0.15, 0.2) is 0 Å². The minimum atomic E-state index is 0.250. The molecule has 1 N–H and O–H groups in total. The minimum absolute atomic E-state index is 0.250. The lowest BCUT2D eigenvalue weighted by Crippen LogP contribution is -1.78. The molecule has 0 rings (SSSR count). The summed E-state index contributed by atoms with van der Waals surface area (Å²) in [5.74, 6) is 2.07. The molecule has 0 unspecified atom stereocenters. The molecule has 70 valence electrons. The third-order valence-electron chi connectivity index (χ3n) is 1.07. The van der Waals surface area contributed by atoms with Crippen LogP contribution in [0.5, 0.6) is 0 Å². The van der Waals surface area contributed by atoms with Gasteiger partial charge in [-0.1, -0.05) is 12.8 Å². The zero-order valence-electron chi connectivity index (χ0n) is 7.29. The van der Waals surface area contributed by atoms with Crippen LogP contribution in [0.25, 0.3) is 0 Å². The standard InChI is InChI=1S/C6H14S2.C2H6O/c7-5-3-1-2-4-6-8;1-2-3/h7-8H,1-6H2;3H,2H2,1H3. The lowest BCUT2D eigenvalue weighted by molar-refractivity contribution is 0.318. The first kappa shape index (κ1) is 14.2. The molecule has 0 aliphatic carbocycles. The molecule has 0 bridgehead atoms. The van der Waals surface area contributed by atoms with E-state index in [4.69, 9.17) is 5.11 Å². The van der Waals surface area contributed by atoms with E-state index in [1.54, 1.807) is 6.92 Å². The quantitative estimate of drug-likeness (QED) is 0.456. The Morgan fingerprint density at radius 3 is 1.36 bits per heavy atom. The van der Waals surface area contributed by atoms with Crippen LogP contribution in [0.2, 0.25) is 0 Å². The molecule has 1 nitrogen and oxygen atoms in total. The minimum Gasteiger partial charge on any atom is -0.397 e. The Hall–Kier alpha value is 0.660. The van der Waals surface area contributed by atoms with Crippen LogP contribution in [0.1, 0.15) is 32.6 Å². The van der Waals surface area contributed by atoms with Crippen LogP contribution in [0.4, 0.5) is 0 Å². The van der Waals surface area contributed by atoms with E-state index in [9.17, 15) is 0 Å². The van der Waals surface area contributed by atoms with E-state index in [-0.39, 0.29) is 6.61 Å². The highest BCUT2D eigenvalue weighted by molar-refractivity contribution is 7.80. The van der Waals surface area contributed by atoms with Crippen LogP contribution in [-0.4, -0.2) is 23.2 Å². The summed E-state index contributed by atoms with van der Waals surface area (Å²) in [7, 11) is 0. The van der Waals surface area contributed by atoms with Crippen LogP contribution in [0, 0.1) is 0 Å². The van der Waals surface area contributed by atoms with Crippen molar-refractivity contribution >= 4 is 25.3 Å². The van der Waals surface area contributed by atoms with Crippen LogP contribution in [0.3, 0.4) is 0 Å². The third-order valence-corrected chi connectivity index (χ3v) is 1.70. The molecule has 0 saturated carbocycles. The first-order valence-corrected chi connectivity index (χ1v) is 5.42. The van der Waals surface area contributed by atoms with Gasteiger partial charge in [-0.05, 0) is 31.3 Å². The summed E-state index contributed by atoms with van der Waals surface area (Å²) in [5, 5.41) is 7.57. The van der Waals surface area contributed by atoms with E-state index in [0.29, 0.717) is 0 Å². The Labute approximate surface area is 81.4 Å². The molecule has 0 saturated heterocycles. The van der Waals surface area contributed by atoms with Gasteiger partial charge in [0, 0.05) is 6.61 Å². The Bertz CT molecular complexity index is 45.4. The fourth-order valence-corrected chi connectivity index (χ4v) is 1.02. The lowest BCUT2D eigenvalue weighted by Gasteiger charge is -1.93. The second-order valence-electron chi connectivity index (χ2n) is 2.18. The van der Waals surface area contributed by atoms with Crippen molar-refractivity contribution in [1.82, 2.24) is 0 Å². The number of unbranched alkanes of at least 4 members (excludes halogenated alkanes) is 3. The van der Waals surface area contributed by atoms with E-state index in [1.807, 2.05) is 0 Å². The van der Waals surface area contributed by atoms with Crippen molar-refractivity contribution in [2.45, 2.75) is 32.6 Å². The lowest BCUT2D eigenvalue weighted by atomic mass is 10.2. The number of hydrogen-bond donors (Lipinski definition) is 3. The smallest absolute Gasteiger partial charge is 0.0402 e. The van der Waals surface area contributed by atoms with Crippen molar-refractivity contribution in [2.24, 2.45) is 0 Å². The Morgan fingerprint density at radius 2 is 1.18 bits per heavy atom. The summed E-state index contributed by atoms with van der Waals surface area (Å²) in [6.45, 7) is 1.93. The van der Waals surface area contributed by atoms with Gasteiger partial charge < -0.3 is 5.11 Å². The number of aliphatic hydroxyl groups excluding tert-OH is 1. The summed E-state index contributed by atoms with van der Waals surface area (Å²) in [6, 6.07) is 0. The number of aliphatic hydroxyl groups is 1. The van der Waals surface area contributed by atoms with Gasteiger partial charge in [0.25, 0.3) is 0 Å². The molecule has 0 heterocycles. The van der Waals surface area contributed by atoms with Crippen molar-refractivity contribution in [3.05, 3.63) is 0 Å². The molecule has 3 heteroatoms. The van der Waals surface area contributed by atoms with Crippen molar-refractivity contribution in [1.29, 1.82) is 0 Å². The molecule has 0 radical (unpaired) electrons. The van der Waals surface area contributed by atoms with Crippen LogP contribution >= 0.6 is 25.3 Å². The van der Waals surface area contributed by atoms with Gasteiger partial charge >= 0.3 is 0 Å². The first-order chi connectivity index (χ1) is 5.33. The van der Waals surface area contributed by atoms with Crippen molar-refractivity contribution in [2.75, 3.05) is 18.1 Å². The highest BCUT2D eigenvalue weighted by Crippen LogP contribution is 2.00. The largest absolute Gasteiger partial charge is 0.397 e. The van der Waals surface area contributed by atoms with Gasteiger partial charge in [0.2, 0.25) is 0 Å². The maximum atomic E-state index is 7.57. The van der Waals surface area contributed by atoms with E-state index >= 15 is 0 Å². The molecule has 0 aliphatic heterocycles. The molecule has 0 aromatic rings. The number of thiol groups is 2. The van der Waals surface area contributed by atoms with Crippen molar-refractivity contribution in [3.8, 4) is 0 Å².